The largest absolute Gasteiger partial charge is 0.300 e. The molecule has 1 rings (SSSR count). The summed E-state index contributed by atoms with van der Waals surface area (Å²) in [5.74, 6) is 0. The summed E-state index contributed by atoms with van der Waals surface area (Å²) in [4.78, 5) is 0. The van der Waals surface area contributed by atoms with E-state index < -0.39 is 10.1 Å². The second kappa shape index (κ2) is 4.78. The Kier molecular flexibility index (Phi) is 4.11. The third-order valence-corrected chi connectivity index (χ3v) is 3.95. The molecule has 0 saturated carbocycles. The second-order valence-electron chi connectivity index (χ2n) is 4.98. The molecule has 0 radical (unpaired) electrons. The average Bonchev–Trinajstić information content (AvgIpc) is 2.47. The minimum Gasteiger partial charge on any atom is -0.300 e. The minimum atomic E-state index is -2.34. The summed E-state index contributed by atoms with van der Waals surface area (Å²) in [6.45, 7) is 8.09. The summed E-state index contributed by atoms with van der Waals surface area (Å²) in [5.41, 5.74) is 0.327. The Morgan fingerprint density at radius 2 is 2.20 bits per heavy atom. The van der Waals surface area contributed by atoms with Gasteiger partial charge in [0.05, 0.1) is 12.7 Å². The molecule has 2 unspecified atom stereocenters. The maximum absolute atomic E-state index is 11.7. The average molecular weight is 234 g/mol. The van der Waals surface area contributed by atoms with Crippen LogP contribution in [-0.4, -0.2) is 30.5 Å². The standard InChI is InChI=1S/C9H22N4OS/c1-9(2,3)5-6-11-8-7-12-15(14,10-4)13-8/h8,11H,5-7H2,1-4H3,(H2,10,12,13,14). The second-order valence-corrected chi connectivity index (χ2v) is 6.93. The lowest BCUT2D eigenvalue weighted by molar-refractivity contribution is 0.353. The lowest BCUT2D eigenvalue weighted by Crippen LogP contribution is -2.46. The van der Waals surface area contributed by atoms with E-state index in [0.29, 0.717) is 12.0 Å². The zero-order valence-electron chi connectivity index (χ0n) is 9.96. The lowest BCUT2D eigenvalue weighted by Gasteiger charge is -2.20. The fourth-order valence-corrected chi connectivity index (χ4v) is 2.52. The van der Waals surface area contributed by atoms with Crippen molar-refractivity contribution in [3.63, 3.8) is 0 Å². The van der Waals surface area contributed by atoms with Gasteiger partial charge in [0.2, 0.25) is 0 Å². The van der Waals surface area contributed by atoms with E-state index in [0.717, 1.165) is 13.0 Å². The molecule has 2 atom stereocenters. The van der Waals surface area contributed by atoms with Crippen LogP contribution in [-0.2, 0) is 10.1 Å². The summed E-state index contributed by atoms with van der Waals surface area (Å²) in [5, 5.41) is 3.30. The predicted octanol–water partition coefficient (Wildman–Crippen LogP) is 0.459. The van der Waals surface area contributed by atoms with Crippen LogP contribution in [0.1, 0.15) is 27.2 Å². The van der Waals surface area contributed by atoms with E-state index in [9.17, 15) is 4.21 Å². The first kappa shape index (κ1) is 12.9. The molecule has 15 heavy (non-hydrogen) atoms. The zero-order valence-corrected chi connectivity index (χ0v) is 10.8. The van der Waals surface area contributed by atoms with E-state index in [1.807, 2.05) is 0 Å². The van der Waals surface area contributed by atoms with Crippen LogP contribution in [0.2, 0.25) is 0 Å². The van der Waals surface area contributed by atoms with Crippen LogP contribution in [0, 0.1) is 5.41 Å². The van der Waals surface area contributed by atoms with Crippen molar-refractivity contribution in [3.05, 3.63) is 0 Å². The van der Waals surface area contributed by atoms with Crippen molar-refractivity contribution in [1.29, 1.82) is 0 Å². The molecule has 90 valence electrons. The van der Waals surface area contributed by atoms with Crippen molar-refractivity contribution in [3.8, 4) is 0 Å². The molecule has 0 aromatic carbocycles. The summed E-state index contributed by atoms with van der Waals surface area (Å²) >= 11 is 0. The van der Waals surface area contributed by atoms with E-state index in [4.69, 9.17) is 0 Å². The number of nitrogens with zero attached hydrogens (tertiary/aromatic N) is 1. The number of rotatable bonds is 4. The van der Waals surface area contributed by atoms with Gasteiger partial charge in [0.1, 0.15) is 0 Å². The zero-order chi connectivity index (χ0) is 11.5. The summed E-state index contributed by atoms with van der Waals surface area (Å²) in [6, 6.07) is 0. The highest BCUT2D eigenvalue weighted by Crippen LogP contribution is 2.17. The van der Waals surface area contributed by atoms with Gasteiger partial charge in [-0.2, -0.15) is 0 Å². The molecule has 0 aliphatic carbocycles. The van der Waals surface area contributed by atoms with E-state index in [1.165, 1.54) is 0 Å². The Balaban J connectivity index is 2.26. The van der Waals surface area contributed by atoms with Crippen LogP contribution in [0.4, 0.5) is 0 Å². The van der Waals surface area contributed by atoms with Gasteiger partial charge in [-0.1, -0.05) is 20.8 Å². The minimum absolute atomic E-state index is 0.0345. The molecule has 1 aliphatic rings. The van der Waals surface area contributed by atoms with E-state index >= 15 is 0 Å². The van der Waals surface area contributed by atoms with Crippen molar-refractivity contribution in [2.24, 2.45) is 9.78 Å². The van der Waals surface area contributed by atoms with Crippen LogP contribution in [0.5, 0.6) is 0 Å². The fourth-order valence-electron chi connectivity index (χ4n) is 1.30. The normalized spacial score (nSPS) is 31.6. The van der Waals surface area contributed by atoms with E-state index in [2.05, 4.69) is 39.9 Å². The van der Waals surface area contributed by atoms with Gasteiger partial charge in [0.15, 0.2) is 10.1 Å². The smallest absolute Gasteiger partial charge is 0.173 e. The molecule has 0 bridgehead atoms. The van der Waals surface area contributed by atoms with Gasteiger partial charge in [-0.05, 0) is 25.4 Å². The van der Waals surface area contributed by atoms with Crippen LogP contribution < -0.4 is 14.8 Å². The predicted molar refractivity (Wildman–Crippen MR) is 63.5 cm³/mol. The Labute approximate surface area is 92.9 Å². The number of nitrogens with one attached hydrogen (secondary N) is 3. The molecule has 5 nitrogen and oxygen atoms in total. The Bertz CT molecular complexity index is 315. The molecular formula is C9H22N4OS. The maximum Gasteiger partial charge on any atom is 0.173 e. The van der Waals surface area contributed by atoms with Crippen LogP contribution in [0.3, 0.4) is 0 Å². The van der Waals surface area contributed by atoms with E-state index in [1.54, 1.807) is 7.05 Å². The molecule has 1 heterocycles. The molecule has 0 aromatic heterocycles. The third kappa shape index (κ3) is 4.46. The molecule has 6 heteroatoms. The van der Waals surface area contributed by atoms with Crippen LogP contribution in [0.15, 0.2) is 4.36 Å². The highest BCUT2D eigenvalue weighted by molar-refractivity contribution is 7.90. The highest BCUT2D eigenvalue weighted by atomic mass is 32.2. The summed E-state index contributed by atoms with van der Waals surface area (Å²) in [7, 11) is -0.695. The van der Waals surface area contributed by atoms with Crippen molar-refractivity contribution >= 4 is 10.1 Å². The van der Waals surface area contributed by atoms with Gasteiger partial charge in [-0.15, -0.1) is 0 Å². The van der Waals surface area contributed by atoms with Gasteiger partial charge in [0, 0.05) is 0 Å². The van der Waals surface area contributed by atoms with Crippen LogP contribution >= 0.6 is 0 Å². The van der Waals surface area contributed by atoms with Gasteiger partial charge < -0.3 is 0 Å². The van der Waals surface area contributed by atoms with Crippen molar-refractivity contribution in [2.75, 3.05) is 20.1 Å². The quantitative estimate of drug-likeness (QED) is 0.661. The summed E-state index contributed by atoms with van der Waals surface area (Å²) in [6.07, 6.45) is 1.12. The fraction of sp³-hybridized carbons (Fsp3) is 1.00. The first-order chi connectivity index (χ1) is 6.85. The van der Waals surface area contributed by atoms with Gasteiger partial charge in [0.25, 0.3) is 0 Å². The summed E-state index contributed by atoms with van der Waals surface area (Å²) < 4.78 is 21.4. The molecule has 3 N–H and O–H groups in total. The van der Waals surface area contributed by atoms with Gasteiger partial charge in [-0.25, -0.2) is 18.0 Å². The topological polar surface area (TPSA) is 65.5 Å². The Hall–Kier alpha value is -0.170. The molecule has 0 spiro atoms. The molecule has 0 amide bonds. The van der Waals surface area contributed by atoms with Gasteiger partial charge >= 0.3 is 0 Å². The molecule has 0 aromatic rings. The molecule has 1 aliphatic heterocycles. The molecule has 0 saturated heterocycles. The SMILES string of the molecule is CNS1(=O)=NCC(NCCC(C)(C)C)N1. The Morgan fingerprint density at radius 1 is 1.53 bits per heavy atom. The maximum atomic E-state index is 11.7. The van der Waals surface area contributed by atoms with E-state index in [-0.39, 0.29) is 6.17 Å². The number of hydrogen-bond donors (Lipinski definition) is 3. The molecule has 0 fully saturated rings. The van der Waals surface area contributed by atoms with Crippen molar-refractivity contribution in [1.82, 2.24) is 14.8 Å². The highest BCUT2D eigenvalue weighted by Gasteiger charge is 2.21. The Morgan fingerprint density at radius 3 is 2.67 bits per heavy atom. The van der Waals surface area contributed by atoms with Crippen molar-refractivity contribution < 1.29 is 4.21 Å². The first-order valence-corrected chi connectivity index (χ1v) is 6.78. The third-order valence-electron chi connectivity index (χ3n) is 2.28. The van der Waals surface area contributed by atoms with Gasteiger partial charge in [-0.3, -0.25) is 5.32 Å². The monoisotopic (exact) mass is 234 g/mol. The lowest BCUT2D eigenvalue weighted by atomic mass is 9.92. The molecular weight excluding hydrogens is 212 g/mol. The first-order valence-electron chi connectivity index (χ1n) is 5.27. The van der Waals surface area contributed by atoms with Crippen LogP contribution in [0.25, 0.3) is 0 Å². The number of hydrogen-bond acceptors (Lipinski definition) is 3. The van der Waals surface area contributed by atoms with Crippen molar-refractivity contribution in [2.45, 2.75) is 33.4 Å².